The van der Waals surface area contributed by atoms with Crippen molar-refractivity contribution in [3.05, 3.63) is 47.5 Å². The van der Waals surface area contributed by atoms with Crippen LogP contribution in [0.4, 0.5) is 0 Å². The molecule has 0 spiro atoms. The van der Waals surface area contributed by atoms with Gasteiger partial charge >= 0.3 is 0 Å². The van der Waals surface area contributed by atoms with Gasteiger partial charge in [0.1, 0.15) is 5.69 Å². The number of carbonyl (C=O) groups is 2. The van der Waals surface area contributed by atoms with Crippen molar-refractivity contribution in [1.29, 1.82) is 0 Å². The molecule has 0 N–H and O–H groups in total. The molecule has 29 heavy (non-hydrogen) atoms. The number of carbonyl (C=O) groups excluding carboxylic acids is 2. The molecule has 1 unspecified atom stereocenters. The van der Waals surface area contributed by atoms with Crippen LogP contribution < -0.4 is 0 Å². The molecule has 4 rings (SSSR count). The predicted molar refractivity (Wildman–Crippen MR) is 109 cm³/mol. The summed E-state index contributed by atoms with van der Waals surface area (Å²) >= 11 is 0. The predicted octanol–water partition coefficient (Wildman–Crippen LogP) is 1.66. The number of hydrogen-bond acceptors (Lipinski definition) is 5. The number of nitrogens with zero attached hydrogens (tertiary/aromatic N) is 6. The summed E-state index contributed by atoms with van der Waals surface area (Å²) in [5.41, 5.74) is 2.06. The molecule has 154 valence electrons. The van der Waals surface area contributed by atoms with E-state index >= 15 is 0 Å². The van der Waals surface area contributed by atoms with Crippen molar-refractivity contribution in [2.24, 2.45) is 0 Å². The summed E-state index contributed by atoms with van der Waals surface area (Å²) in [6.07, 6.45) is 5.15. The molecule has 2 aromatic heterocycles. The highest BCUT2D eigenvalue weighted by atomic mass is 16.2. The second kappa shape index (κ2) is 8.32. The van der Waals surface area contributed by atoms with Crippen molar-refractivity contribution in [2.45, 2.75) is 32.4 Å². The Balaban J connectivity index is 1.48. The van der Waals surface area contributed by atoms with Gasteiger partial charge in [0.05, 0.1) is 17.3 Å². The fraction of sp³-hybridized carbons (Fsp3) is 0.524. The third-order valence-electron chi connectivity index (χ3n) is 5.91. The molecule has 0 bridgehead atoms. The first-order valence-electron chi connectivity index (χ1n) is 10.3. The number of pyridine rings is 1. The molecule has 0 aliphatic carbocycles. The van der Waals surface area contributed by atoms with Gasteiger partial charge in [-0.1, -0.05) is 0 Å². The highest BCUT2D eigenvalue weighted by molar-refractivity contribution is 5.94. The summed E-state index contributed by atoms with van der Waals surface area (Å²) in [5.74, 6) is 0.0228. The van der Waals surface area contributed by atoms with E-state index < -0.39 is 0 Å². The monoisotopic (exact) mass is 396 g/mol. The maximum atomic E-state index is 13.1. The first kappa shape index (κ1) is 19.6. The number of rotatable bonds is 4. The van der Waals surface area contributed by atoms with Gasteiger partial charge in [0, 0.05) is 51.7 Å². The van der Waals surface area contributed by atoms with Crippen molar-refractivity contribution >= 4 is 11.8 Å². The Kier molecular flexibility index (Phi) is 5.62. The molecule has 2 fully saturated rings. The zero-order valence-corrected chi connectivity index (χ0v) is 17.1. The molecule has 1 atom stereocenters. The molecular weight excluding hydrogens is 368 g/mol. The van der Waals surface area contributed by atoms with Crippen molar-refractivity contribution < 1.29 is 9.59 Å². The number of aryl methyl sites for hydroxylation is 1. The van der Waals surface area contributed by atoms with E-state index in [0.717, 1.165) is 44.7 Å². The molecule has 2 amide bonds. The molecule has 4 heterocycles. The topological polar surface area (TPSA) is 74.6 Å². The van der Waals surface area contributed by atoms with Gasteiger partial charge in [-0.05, 0) is 45.0 Å². The minimum atomic E-state index is -0.0597. The molecular formula is C21H28N6O2. The van der Waals surface area contributed by atoms with E-state index in [0.29, 0.717) is 24.3 Å². The van der Waals surface area contributed by atoms with Crippen LogP contribution in [0, 0.1) is 0 Å². The number of hydrogen-bond donors (Lipinski definition) is 0. The van der Waals surface area contributed by atoms with Gasteiger partial charge in [-0.2, -0.15) is 5.10 Å². The van der Waals surface area contributed by atoms with Gasteiger partial charge in [-0.15, -0.1) is 0 Å². The van der Waals surface area contributed by atoms with Gasteiger partial charge in [0.25, 0.3) is 11.8 Å². The average molecular weight is 396 g/mol. The molecule has 2 aliphatic heterocycles. The highest BCUT2D eigenvalue weighted by Crippen LogP contribution is 2.32. The molecule has 2 aromatic rings. The lowest BCUT2D eigenvalue weighted by atomic mass is 10.1. The maximum Gasteiger partial charge on any atom is 0.272 e. The van der Waals surface area contributed by atoms with Gasteiger partial charge in [0.15, 0.2) is 0 Å². The zero-order chi connectivity index (χ0) is 20.4. The van der Waals surface area contributed by atoms with Crippen LogP contribution in [0.3, 0.4) is 0 Å². The summed E-state index contributed by atoms with van der Waals surface area (Å²) in [6.45, 7) is 6.62. The third-order valence-corrected chi connectivity index (χ3v) is 5.91. The van der Waals surface area contributed by atoms with Crippen molar-refractivity contribution in [3.8, 4) is 0 Å². The normalized spacial score (nSPS) is 20.3. The molecule has 2 saturated heterocycles. The first-order chi connectivity index (χ1) is 14.1. The van der Waals surface area contributed by atoms with Crippen LogP contribution in [0.5, 0.6) is 0 Å². The molecule has 8 heteroatoms. The van der Waals surface area contributed by atoms with Crippen LogP contribution in [-0.4, -0.2) is 81.1 Å². The maximum absolute atomic E-state index is 13.1. The summed E-state index contributed by atoms with van der Waals surface area (Å²) < 4.78 is 1.73. The molecule has 8 nitrogen and oxygen atoms in total. The van der Waals surface area contributed by atoms with Crippen LogP contribution in [0.2, 0.25) is 0 Å². The number of piperazine rings is 1. The fourth-order valence-electron chi connectivity index (χ4n) is 4.15. The summed E-state index contributed by atoms with van der Waals surface area (Å²) in [4.78, 5) is 36.3. The Bertz CT molecular complexity index is 870. The van der Waals surface area contributed by atoms with Gasteiger partial charge < -0.3 is 14.7 Å². The van der Waals surface area contributed by atoms with E-state index in [1.165, 1.54) is 0 Å². The van der Waals surface area contributed by atoms with E-state index in [-0.39, 0.29) is 17.9 Å². The van der Waals surface area contributed by atoms with Crippen molar-refractivity contribution in [2.75, 3.05) is 39.8 Å². The Labute approximate surface area is 171 Å². The molecule has 0 saturated carbocycles. The van der Waals surface area contributed by atoms with E-state index in [1.807, 2.05) is 28.9 Å². The van der Waals surface area contributed by atoms with Gasteiger partial charge in [-0.3, -0.25) is 19.3 Å². The molecule has 0 radical (unpaired) electrons. The highest BCUT2D eigenvalue weighted by Gasteiger charge is 2.33. The summed E-state index contributed by atoms with van der Waals surface area (Å²) in [5, 5.41) is 4.21. The van der Waals surface area contributed by atoms with Gasteiger partial charge in [0.2, 0.25) is 0 Å². The lowest BCUT2D eigenvalue weighted by Crippen LogP contribution is -2.47. The Morgan fingerprint density at radius 1 is 1.07 bits per heavy atom. The second-order valence-electron chi connectivity index (χ2n) is 7.76. The number of aromatic nitrogens is 3. The van der Waals surface area contributed by atoms with Crippen LogP contribution in [0.25, 0.3) is 0 Å². The van der Waals surface area contributed by atoms with E-state index in [4.69, 9.17) is 0 Å². The van der Waals surface area contributed by atoms with Crippen LogP contribution in [-0.2, 0) is 6.54 Å². The Morgan fingerprint density at radius 2 is 1.86 bits per heavy atom. The Morgan fingerprint density at radius 3 is 2.55 bits per heavy atom. The second-order valence-corrected chi connectivity index (χ2v) is 7.76. The van der Waals surface area contributed by atoms with Crippen LogP contribution >= 0.6 is 0 Å². The number of likely N-dealkylation sites (N-methyl/N-ethyl adjacent to an activating group) is 1. The molecule has 2 aliphatic rings. The lowest BCUT2D eigenvalue weighted by molar-refractivity contribution is 0.0661. The minimum absolute atomic E-state index is 0.00811. The smallest absolute Gasteiger partial charge is 0.272 e. The lowest BCUT2D eigenvalue weighted by Gasteiger charge is -2.32. The standard InChI is InChI=1S/C21H28N6O2/c1-3-27-19(8-9-23-27)21(29)26-10-4-5-18(26)17-7-6-16(15-22-17)20(28)25-13-11-24(2)12-14-25/h6-9,15,18H,3-5,10-14H2,1-2H3. The quantitative estimate of drug-likeness (QED) is 0.786. The minimum Gasteiger partial charge on any atom is -0.336 e. The van der Waals surface area contributed by atoms with Crippen LogP contribution in [0.1, 0.15) is 52.3 Å². The number of likely N-dealkylation sites (tertiary alicyclic amines) is 1. The number of amides is 2. The zero-order valence-electron chi connectivity index (χ0n) is 17.1. The van der Waals surface area contributed by atoms with Gasteiger partial charge in [-0.25, -0.2) is 0 Å². The fourth-order valence-corrected chi connectivity index (χ4v) is 4.15. The van der Waals surface area contributed by atoms with Crippen molar-refractivity contribution in [1.82, 2.24) is 29.5 Å². The average Bonchev–Trinajstić information content (AvgIpc) is 3.43. The largest absolute Gasteiger partial charge is 0.336 e. The van der Waals surface area contributed by atoms with E-state index in [1.54, 1.807) is 23.1 Å². The Hall–Kier alpha value is -2.74. The summed E-state index contributed by atoms with van der Waals surface area (Å²) in [6, 6.07) is 5.46. The molecule has 0 aromatic carbocycles. The van der Waals surface area contributed by atoms with Crippen molar-refractivity contribution in [3.63, 3.8) is 0 Å². The summed E-state index contributed by atoms with van der Waals surface area (Å²) in [7, 11) is 2.07. The van der Waals surface area contributed by atoms with E-state index in [2.05, 4.69) is 22.0 Å². The van der Waals surface area contributed by atoms with E-state index in [9.17, 15) is 9.59 Å². The first-order valence-corrected chi connectivity index (χ1v) is 10.3. The van der Waals surface area contributed by atoms with Crippen LogP contribution in [0.15, 0.2) is 30.6 Å². The third kappa shape index (κ3) is 3.89. The SMILES string of the molecule is CCn1nccc1C(=O)N1CCCC1c1ccc(C(=O)N2CCN(C)CC2)cn1.